The maximum Gasteiger partial charge on any atom is 0.416 e. The van der Waals surface area contributed by atoms with Crippen LogP contribution in [-0.2, 0) is 10.9 Å². The molecule has 188 valence electrons. The fourth-order valence-electron chi connectivity index (χ4n) is 3.69. The lowest BCUT2D eigenvalue weighted by Crippen LogP contribution is -2.39. The van der Waals surface area contributed by atoms with Crippen molar-refractivity contribution in [3.8, 4) is 5.69 Å². The van der Waals surface area contributed by atoms with Crippen LogP contribution in [0.3, 0.4) is 0 Å². The highest BCUT2D eigenvalue weighted by molar-refractivity contribution is 6.32. The number of nitrogens with one attached hydrogen (secondary N) is 1. The molecule has 13 heteroatoms. The molecule has 0 radical (unpaired) electrons. The van der Waals surface area contributed by atoms with Crippen molar-refractivity contribution in [1.82, 2.24) is 24.6 Å². The number of alkyl halides is 3. The fraction of sp³-hybridized carbons (Fsp3) is 0.455. The van der Waals surface area contributed by atoms with Crippen LogP contribution in [0, 0.1) is 0 Å². The number of halogens is 4. The summed E-state index contributed by atoms with van der Waals surface area (Å²) in [5.74, 6) is 0.289. The standard InChI is InChI=1S/C22H24ClF3N6O3/c1-21(2,3)35-20(34)31-8-4-7-30(9-10-31)19-27-17-14(18(33)28-19)12-32(29-17)16-6-5-13(11-15(16)23)22(24,25)26/h5-6,11-12H,4,7-10H2,1-3H3,(H,27,28,29,33). The summed E-state index contributed by atoms with van der Waals surface area (Å²) in [6.45, 7) is 7.24. The zero-order valence-electron chi connectivity index (χ0n) is 19.3. The number of carbonyl (C=O) groups excluding carboxylic acids is 1. The van der Waals surface area contributed by atoms with E-state index in [1.165, 1.54) is 16.9 Å². The molecule has 1 amide bonds. The molecule has 1 aliphatic rings. The van der Waals surface area contributed by atoms with Crippen LogP contribution in [0.5, 0.6) is 0 Å². The van der Waals surface area contributed by atoms with Crippen molar-refractivity contribution in [2.75, 3.05) is 31.1 Å². The van der Waals surface area contributed by atoms with Gasteiger partial charge in [0.05, 0.1) is 16.3 Å². The Bertz CT molecular complexity index is 1310. The third-order valence-corrected chi connectivity index (χ3v) is 5.65. The second kappa shape index (κ2) is 9.06. The number of fused-ring (bicyclic) bond motifs is 1. The number of H-pyrrole nitrogens is 1. The SMILES string of the molecule is CC(C)(C)OC(=O)N1CCCN(c2nc3nn(-c4ccc(C(F)(F)F)cc4Cl)cc3c(=O)[nH]2)CC1. The number of amides is 1. The van der Waals surface area contributed by atoms with Gasteiger partial charge >= 0.3 is 12.3 Å². The number of hydrogen-bond donors (Lipinski definition) is 1. The van der Waals surface area contributed by atoms with Gasteiger partial charge in [-0.1, -0.05) is 11.6 Å². The quantitative estimate of drug-likeness (QED) is 0.552. The van der Waals surface area contributed by atoms with E-state index in [4.69, 9.17) is 16.3 Å². The van der Waals surface area contributed by atoms with Gasteiger partial charge in [0.2, 0.25) is 5.95 Å². The first-order chi connectivity index (χ1) is 16.3. The number of aromatic amines is 1. The average Bonchev–Trinajstić information content (AvgIpc) is 3.01. The number of rotatable bonds is 2. The molecule has 1 aliphatic heterocycles. The molecule has 3 heterocycles. The Morgan fingerprint density at radius 3 is 2.54 bits per heavy atom. The Morgan fingerprint density at radius 2 is 1.89 bits per heavy atom. The van der Waals surface area contributed by atoms with Crippen LogP contribution in [-0.4, -0.2) is 62.5 Å². The minimum absolute atomic E-state index is 0.118. The first kappa shape index (κ1) is 24.8. The zero-order valence-corrected chi connectivity index (χ0v) is 20.1. The Labute approximate surface area is 203 Å². The molecule has 3 aromatic rings. The van der Waals surface area contributed by atoms with Gasteiger partial charge in [0, 0.05) is 32.4 Å². The smallest absolute Gasteiger partial charge is 0.416 e. The van der Waals surface area contributed by atoms with Gasteiger partial charge in [-0.25, -0.2) is 9.48 Å². The minimum atomic E-state index is -4.53. The van der Waals surface area contributed by atoms with E-state index < -0.39 is 29.0 Å². The summed E-state index contributed by atoms with van der Waals surface area (Å²) in [6, 6.07) is 2.89. The minimum Gasteiger partial charge on any atom is -0.444 e. The molecule has 0 aliphatic carbocycles. The highest BCUT2D eigenvalue weighted by atomic mass is 35.5. The molecule has 9 nitrogen and oxygen atoms in total. The van der Waals surface area contributed by atoms with Gasteiger partial charge in [0.1, 0.15) is 11.0 Å². The number of aromatic nitrogens is 4. The highest BCUT2D eigenvalue weighted by Gasteiger charge is 2.31. The molecule has 0 spiro atoms. The molecule has 2 aromatic heterocycles. The second-order valence-corrected chi connectivity index (χ2v) is 9.58. The summed E-state index contributed by atoms with van der Waals surface area (Å²) < 4.78 is 45.5. The topological polar surface area (TPSA) is 96.3 Å². The second-order valence-electron chi connectivity index (χ2n) is 9.17. The Kier molecular flexibility index (Phi) is 6.43. The first-order valence-corrected chi connectivity index (χ1v) is 11.3. The predicted octanol–water partition coefficient (Wildman–Crippen LogP) is 4.23. The van der Waals surface area contributed by atoms with E-state index in [9.17, 15) is 22.8 Å². The maximum atomic E-state index is 12.9. The predicted molar refractivity (Wildman–Crippen MR) is 124 cm³/mol. The lowest BCUT2D eigenvalue weighted by molar-refractivity contribution is -0.137. The summed E-state index contributed by atoms with van der Waals surface area (Å²) in [5, 5.41) is 4.26. The van der Waals surface area contributed by atoms with Crippen LogP contribution in [0.4, 0.5) is 23.9 Å². The van der Waals surface area contributed by atoms with Crippen molar-refractivity contribution in [2.45, 2.75) is 39.0 Å². The van der Waals surface area contributed by atoms with Crippen LogP contribution in [0.25, 0.3) is 16.7 Å². The number of carbonyl (C=O) groups is 1. The highest BCUT2D eigenvalue weighted by Crippen LogP contribution is 2.33. The monoisotopic (exact) mass is 512 g/mol. The molecule has 1 aromatic carbocycles. The van der Waals surface area contributed by atoms with Crippen molar-refractivity contribution < 1.29 is 22.7 Å². The number of hydrogen-bond acceptors (Lipinski definition) is 6. The van der Waals surface area contributed by atoms with Gasteiger partial charge in [-0.15, -0.1) is 5.10 Å². The van der Waals surface area contributed by atoms with Crippen molar-refractivity contribution >= 4 is 34.7 Å². The van der Waals surface area contributed by atoms with Crippen molar-refractivity contribution in [3.63, 3.8) is 0 Å². The van der Waals surface area contributed by atoms with E-state index in [2.05, 4.69) is 15.1 Å². The van der Waals surface area contributed by atoms with Gasteiger partial charge in [0.25, 0.3) is 5.56 Å². The van der Waals surface area contributed by atoms with Gasteiger partial charge in [-0.2, -0.15) is 18.2 Å². The van der Waals surface area contributed by atoms with E-state index in [0.717, 1.165) is 12.1 Å². The van der Waals surface area contributed by atoms with Gasteiger partial charge in [0.15, 0.2) is 5.65 Å². The third-order valence-electron chi connectivity index (χ3n) is 5.35. The Balaban J connectivity index is 1.58. The van der Waals surface area contributed by atoms with Gasteiger partial charge < -0.3 is 14.5 Å². The molecule has 0 bridgehead atoms. The maximum absolute atomic E-state index is 12.9. The third kappa shape index (κ3) is 5.53. The summed E-state index contributed by atoms with van der Waals surface area (Å²) in [7, 11) is 0. The normalized spacial score (nSPS) is 15.4. The molecule has 1 fully saturated rings. The molecular weight excluding hydrogens is 489 g/mol. The Hall–Kier alpha value is -3.28. The van der Waals surface area contributed by atoms with E-state index in [1.54, 1.807) is 25.7 Å². The summed E-state index contributed by atoms with van der Waals surface area (Å²) in [5.41, 5.74) is -1.64. The lowest BCUT2D eigenvalue weighted by Gasteiger charge is -2.26. The van der Waals surface area contributed by atoms with E-state index in [0.29, 0.717) is 32.6 Å². The molecule has 1 N–H and O–H groups in total. The van der Waals surface area contributed by atoms with Crippen LogP contribution >= 0.6 is 11.6 Å². The van der Waals surface area contributed by atoms with Crippen molar-refractivity contribution in [2.24, 2.45) is 0 Å². The van der Waals surface area contributed by atoms with Crippen LogP contribution in [0.1, 0.15) is 32.8 Å². The molecular formula is C22H24ClF3N6O3. The molecule has 1 saturated heterocycles. The van der Waals surface area contributed by atoms with E-state index in [1.807, 2.05) is 4.90 Å². The zero-order chi connectivity index (χ0) is 25.5. The summed E-state index contributed by atoms with van der Waals surface area (Å²) in [4.78, 5) is 35.8. The number of benzene rings is 1. The van der Waals surface area contributed by atoms with Crippen molar-refractivity contribution in [1.29, 1.82) is 0 Å². The van der Waals surface area contributed by atoms with Crippen molar-refractivity contribution in [3.05, 3.63) is 45.3 Å². The summed E-state index contributed by atoms with van der Waals surface area (Å²) in [6.07, 6.45) is -2.93. The Morgan fingerprint density at radius 1 is 1.14 bits per heavy atom. The van der Waals surface area contributed by atoms with Gasteiger partial charge in [-0.3, -0.25) is 9.78 Å². The van der Waals surface area contributed by atoms with Crippen LogP contribution in [0.15, 0.2) is 29.2 Å². The largest absolute Gasteiger partial charge is 0.444 e. The molecule has 0 atom stereocenters. The fourth-order valence-corrected chi connectivity index (χ4v) is 3.95. The molecule has 0 saturated carbocycles. The number of anilines is 1. The van der Waals surface area contributed by atoms with Crippen LogP contribution in [0.2, 0.25) is 5.02 Å². The number of ether oxygens (including phenoxy) is 1. The lowest BCUT2D eigenvalue weighted by atomic mass is 10.2. The van der Waals surface area contributed by atoms with Gasteiger partial charge in [-0.05, 0) is 45.4 Å². The summed E-state index contributed by atoms with van der Waals surface area (Å²) >= 11 is 6.07. The first-order valence-electron chi connectivity index (χ1n) is 10.9. The van der Waals surface area contributed by atoms with E-state index in [-0.39, 0.29) is 27.7 Å². The molecule has 35 heavy (non-hydrogen) atoms. The van der Waals surface area contributed by atoms with Crippen LogP contribution < -0.4 is 10.5 Å². The average molecular weight is 513 g/mol. The molecule has 4 rings (SSSR count). The number of nitrogens with zero attached hydrogens (tertiary/aromatic N) is 5. The molecule has 0 unspecified atom stereocenters. The van der Waals surface area contributed by atoms with E-state index >= 15 is 0 Å².